The van der Waals surface area contributed by atoms with Crippen molar-refractivity contribution < 1.29 is 14.4 Å². The van der Waals surface area contributed by atoms with Gasteiger partial charge in [-0.25, -0.2) is 0 Å². The van der Waals surface area contributed by atoms with E-state index in [4.69, 9.17) is 0 Å². The molecule has 0 saturated carbocycles. The number of hydrogen-bond acceptors (Lipinski definition) is 4. The predicted octanol–water partition coefficient (Wildman–Crippen LogP) is 6.86. The number of carbonyl (C=O) groups is 3. The van der Waals surface area contributed by atoms with Crippen LogP contribution in [0.25, 0.3) is 5.57 Å². The molecule has 3 heterocycles. The van der Waals surface area contributed by atoms with Crippen molar-refractivity contribution in [3.63, 3.8) is 0 Å². The third-order valence-corrected chi connectivity index (χ3v) is 9.06. The molecule has 0 bridgehead atoms. The summed E-state index contributed by atoms with van der Waals surface area (Å²) >= 11 is 0. The molecule has 41 heavy (non-hydrogen) atoms. The highest BCUT2D eigenvalue weighted by atomic mass is 16.2. The van der Waals surface area contributed by atoms with E-state index in [1.54, 1.807) is 0 Å². The molecule has 5 nitrogen and oxygen atoms in total. The Morgan fingerprint density at radius 2 is 1.61 bits per heavy atom. The van der Waals surface area contributed by atoms with Crippen LogP contribution in [-0.4, -0.2) is 29.6 Å². The predicted molar refractivity (Wildman–Crippen MR) is 164 cm³/mol. The van der Waals surface area contributed by atoms with Crippen LogP contribution in [0.5, 0.6) is 0 Å². The van der Waals surface area contributed by atoms with Crippen molar-refractivity contribution >= 4 is 34.4 Å². The molecule has 3 aliphatic rings. The van der Waals surface area contributed by atoms with Crippen LogP contribution in [0, 0.1) is 17.3 Å². The zero-order valence-corrected chi connectivity index (χ0v) is 24.7. The summed E-state index contributed by atoms with van der Waals surface area (Å²) < 4.78 is 0. The van der Waals surface area contributed by atoms with Crippen molar-refractivity contribution in [2.75, 3.05) is 10.2 Å². The molecule has 1 amide bonds. The van der Waals surface area contributed by atoms with E-state index < -0.39 is 28.8 Å². The highest BCUT2D eigenvalue weighted by molar-refractivity contribution is 6.17. The van der Waals surface area contributed by atoms with Gasteiger partial charge in [0.2, 0.25) is 5.91 Å². The van der Waals surface area contributed by atoms with E-state index in [2.05, 4.69) is 30.1 Å². The number of nitrogens with one attached hydrogen (secondary N) is 1. The molecule has 0 unspecified atom stereocenters. The van der Waals surface area contributed by atoms with Gasteiger partial charge >= 0.3 is 0 Å². The number of Topliss-reactive ketones (excluding diaryl/α,β-unsaturated/α-hetero) is 2. The van der Waals surface area contributed by atoms with Crippen molar-refractivity contribution in [1.29, 1.82) is 0 Å². The molecule has 0 aliphatic carbocycles. The average molecular weight is 547 g/mol. The zero-order chi connectivity index (χ0) is 29.3. The van der Waals surface area contributed by atoms with Gasteiger partial charge in [0.1, 0.15) is 11.5 Å². The van der Waals surface area contributed by atoms with Gasteiger partial charge in [0.15, 0.2) is 11.6 Å². The van der Waals surface area contributed by atoms with Crippen LogP contribution in [0.3, 0.4) is 0 Å². The maximum atomic E-state index is 14.9. The van der Waals surface area contributed by atoms with Crippen LogP contribution in [0.1, 0.15) is 68.6 Å². The van der Waals surface area contributed by atoms with E-state index in [9.17, 15) is 14.4 Å². The lowest BCUT2D eigenvalue weighted by Crippen LogP contribution is -2.51. The van der Waals surface area contributed by atoms with Gasteiger partial charge in [0, 0.05) is 27.9 Å². The zero-order valence-electron chi connectivity index (χ0n) is 24.7. The van der Waals surface area contributed by atoms with E-state index in [1.165, 1.54) is 0 Å². The molecule has 1 saturated heterocycles. The number of nitrogens with zero attached hydrogens (tertiary/aromatic N) is 1. The Bertz CT molecular complexity index is 1590. The first-order valence-electron chi connectivity index (χ1n) is 14.6. The minimum Gasteiger partial charge on any atom is -0.352 e. The van der Waals surface area contributed by atoms with E-state index in [0.717, 1.165) is 34.4 Å². The maximum Gasteiger partial charge on any atom is 0.238 e. The van der Waals surface area contributed by atoms with Gasteiger partial charge in [0.05, 0.1) is 12.0 Å². The topological polar surface area (TPSA) is 66.5 Å². The quantitative estimate of drug-likeness (QED) is 0.355. The van der Waals surface area contributed by atoms with Crippen LogP contribution in [-0.2, 0) is 21.4 Å². The first-order chi connectivity index (χ1) is 19.5. The van der Waals surface area contributed by atoms with Gasteiger partial charge in [-0.05, 0) is 48.1 Å². The minimum atomic E-state index is -1.27. The summed E-state index contributed by atoms with van der Waals surface area (Å²) in [4.78, 5) is 46.0. The third kappa shape index (κ3) is 4.00. The second-order valence-electron chi connectivity index (χ2n) is 13.3. The number of para-hydroxylation sites is 2. The van der Waals surface area contributed by atoms with Crippen molar-refractivity contribution in [3.05, 3.63) is 101 Å². The number of benzene rings is 3. The Hall–Kier alpha value is -3.99. The number of allylic oxidation sites excluding steroid dienone is 1. The molecule has 5 heteroatoms. The molecule has 1 N–H and O–H groups in total. The summed E-state index contributed by atoms with van der Waals surface area (Å²) in [5.41, 5.74) is 4.10. The fourth-order valence-electron chi connectivity index (χ4n) is 7.29. The Balaban J connectivity index is 1.63. The standard InChI is InChI=1S/C36H38N2O3/c1-21(2)19-23-15-17-24(18-16-23)32(39)30-31(33(40)35(4,5)6)38-28-14-10-7-11-25(28)22(3)20-29(38)36(30)26-12-8-9-13-27(26)37-34(36)41/h7-18,20-21,29-31H,19H2,1-6H3,(H,37,41)/t29-,30+,31-,36+/m0/s1. The number of hydrogen-bond donors (Lipinski definition) is 1. The lowest BCUT2D eigenvalue weighted by molar-refractivity contribution is -0.128. The number of anilines is 2. The van der Waals surface area contributed by atoms with E-state index in [-0.39, 0.29) is 17.5 Å². The fraction of sp³-hybridized carbons (Fsp3) is 0.361. The second-order valence-corrected chi connectivity index (χ2v) is 13.3. The average Bonchev–Trinajstić information content (AvgIpc) is 3.40. The van der Waals surface area contributed by atoms with Crippen LogP contribution in [0.15, 0.2) is 78.9 Å². The molecule has 1 fully saturated rings. The third-order valence-electron chi connectivity index (χ3n) is 9.06. The van der Waals surface area contributed by atoms with Gasteiger partial charge in [-0.1, -0.05) is 101 Å². The van der Waals surface area contributed by atoms with Gasteiger partial charge in [-0.3, -0.25) is 14.4 Å². The van der Waals surface area contributed by atoms with Gasteiger partial charge in [0.25, 0.3) is 0 Å². The molecule has 4 atom stereocenters. The summed E-state index contributed by atoms with van der Waals surface area (Å²) in [5.74, 6) is -0.874. The van der Waals surface area contributed by atoms with E-state index >= 15 is 0 Å². The molecular weight excluding hydrogens is 508 g/mol. The molecule has 210 valence electrons. The van der Waals surface area contributed by atoms with Gasteiger partial charge in [-0.2, -0.15) is 0 Å². The summed E-state index contributed by atoms with van der Waals surface area (Å²) in [6.45, 7) is 12.1. The Morgan fingerprint density at radius 3 is 2.29 bits per heavy atom. The molecular formula is C36H38N2O3. The number of carbonyl (C=O) groups excluding carboxylic acids is 3. The number of ketones is 2. The largest absolute Gasteiger partial charge is 0.352 e. The van der Waals surface area contributed by atoms with Crippen molar-refractivity contribution in [2.24, 2.45) is 17.3 Å². The molecule has 3 aliphatic heterocycles. The van der Waals surface area contributed by atoms with Crippen LogP contribution < -0.4 is 10.2 Å². The molecule has 0 radical (unpaired) electrons. The monoisotopic (exact) mass is 546 g/mol. The molecule has 0 aromatic heterocycles. The number of amides is 1. The Kier molecular flexibility index (Phi) is 6.33. The minimum absolute atomic E-state index is 0.0471. The SMILES string of the molecule is CC1=C[C@@H]2N(c3ccccc31)[C@H](C(=O)C(C)(C)C)[C@H](C(=O)c1ccc(CC(C)C)cc1)[C@]21C(=O)Nc2ccccc21. The van der Waals surface area contributed by atoms with E-state index in [0.29, 0.717) is 17.2 Å². The first kappa shape index (κ1) is 27.2. The van der Waals surface area contributed by atoms with Crippen molar-refractivity contribution in [3.8, 4) is 0 Å². The highest BCUT2D eigenvalue weighted by Crippen LogP contribution is 2.59. The Labute approximate surface area is 242 Å². The van der Waals surface area contributed by atoms with Crippen LogP contribution >= 0.6 is 0 Å². The number of fused-ring (bicyclic) bond motifs is 6. The molecule has 3 aromatic carbocycles. The summed E-state index contributed by atoms with van der Waals surface area (Å²) in [7, 11) is 0. The maximum absolute atomic E-state index is 14.9. The highest BCUT2D eigenvalue weighted by Gasteiger charge is 2.71. The van der Waals surface area contributed by atoms with Crippen molar-refractivity contribution in [2.45, 2.75) is 65.5 Å². The van der Waals surface area contributed by atoms with Gasteiger partial charge in [-0.15, -0.1) is 0 Å². The lowest BCUT2D eigenvalue weighted by Gasteiger charge is -2.39. The second kappa shape index (κ2) is 9.54. The summed E-state index contributed by atoms with van der Waals surface area (Å²) in [6.07, 6.45) is 3.02. The normalized spacial score (nSPS) is 24.6. The van der Waals surface area contributed by atoms with Crippen molar-refractivity contribution in [1.82, 2.24) is 0 Å². The van der Waals surface area contributed by atoms with Crippen LogP contribution in [0.2, 0.25) is 0 Å². The lowest BCUT2D eigenvalue weighted by atomic mass is 9.63. The van der Waals surface area contributed by atoms with E-state index in [1.807, 2.05) is 100 Å². The molecule has 1 spiro atoms. The molecule has 3 aromatic rings. The Morgan fingerprint density at radius 1 is 0.951 bits per heavy atom. The van der Waals surface area contributed by atoms with Crippen LogP contribution in [0.4, 0.5) is 11.4 Å². The summed E-state index contributed by atoms with van der Waals surface area (Å²) in [5, 5.41) is 3.11. The summed E-state index contributed by atoms with van der Waals surface area (Å²) in [6, 6.07) is 22.1. The molecule has 6 rings (SSSR count). The smallest absolute Gasteiger partial charge is 0.238 e. The first-order valence-corrected chi connectivity index (χ1v) is 14.6. The van der Waals surface area contributed by atoms with Gasteiger partial charge < -0.3 is 10.2 Å². The fourth-order valence-corrected chi connectivity index (χ4v) is 7.29. The number of rotatable bonds is 5.